The molecule has 0 fully saturated rings. The standard InChI is InChI=1S/C22H29F17O2Si/c1-6-7-8-14(40)11-41-42(12(2)3,13(4)5)10-9-15(23,24)16(25,26)17(27,28)18(29,30)19(31,32)20(33,34)21(35,36)22(37,38)39/h6,12-14,40H,1,7-11H2,2-5H3/t14-/m0/s1. The molecule has 2 nitrogen and oxygen atoms in total. The molecular formula is C22H29F17O2Si. The summed E-state index contributed by atoms with van der Waals surface area (Å²) in [6, 6.07) is -1.29. The molecule has 0 aromatic heterocycles. The molecule has 0 unspecified atom stereocenters. The Kier molecular flexibility index (Phi) is 12.2. The highest BCUT2D eigenvalue weighted by Gasteiger charge is 2.95. The van der Waals surface area contributed by atoms with Gasteiger partial charge in [0.25, 0.3) is 0 Å². The lowest BCUT2D eigenvalue weighted by Crippen LogP contribution is -2.74. The maximum absolute atomic E-state index is 14.5. The van der Waals surface area contributed by atoms with Crippen molar-refractivity contribution in [2.45, 2.75) is 118 Å². The van der Waals surface area contributed by atoms with Gasteiger partial charge in [-0.15, -0.1) is 6.58 Å². The number of aliphatic hydroxyl groups excluding tert-OH is 1. The van der Waals surface area contributed by atoms with Crippen molar-refractivity contribution in [1.82, 2.24) is 0 Å². The first-order valence-corrected chi connectivity index (χ1v) is 14.2. The number of allylic oxidation sites excluding steroid dienone is 1. The zero-order chi connectivity index (χ0) is 34.2. The van der Waals surface area contributed by atoms with Crippen LogP contribution in [0.4, 0.5) is 74.6 Å². The van der Waals surface area contributed by atoms with E-state index in [1.165, 1.54) is 33.8 Å². The molecule has 42 heavy (non-hydrogen) atoms. The van der Waals surface area contributed by atoms with Crippen LogP contribution in [0.5, 0.6) is 0 Å². The molecule has 0 aliphatic heterocycles. The van der Waals surface area contributed by atoms with Gasteiger partial charge in [-0.3, -0.25) is 0 Å². The summed E-state index contributed by atoms with van der Waals surface area (Å²) in [5, 5.41) is 9.95. The molecule has 20 heteroatoms. The molecule has 0 radical (unpaired) electrons. The Bertz CT molecular complexity index is 892. The third-order valence-electron chi connectivity index (χ3n) is 6.82. The van der Waals surface area contributed by atoms with Crippen LogP contribution >= 0.6 is 0 Å². The van der Waals surface area contributed by atoms with E-state index in [0.717, 1.165) is 0 Å². The van der Waals surface area contributed by atoms with Crippen LogP contribution in [0.1, 0.15) is 47.0 Å². The molecule has 0 aliphatic carbocycles. The summed E-state index contributed by atoms with van der Waals surface area (Å²) < 4.78 is 236. The second-order valence-corrected chi connectivity index (χ2v) is 15.3. The topological polar surface area (TPSA) is 29.5 Å². The van der Waals surface area contributed by atoms with Crippen LogP contribution in [0.25, 0.3) is 0 Å². The molecule has 0 bridgehead atoms. The average molecular weight is 677 g/mol. The minimum Gasteiger partial charge on any atom is -0.414 e. The Morgan fingerprint density at radius 2 is 1.00 bits per heavy atom. The van der Waals surface area contributed by atoms with Crippen molar-refractivity contribution in [3.8, 4) is 0 Å². The van der Waals surface area contributed by atoms with Crippen molar-refractivity contribution in [1.29, 1.82) is 0 Å². The first kappa shape index (κ1) is 40.7. The van der Waals surface area contributed by atoms with E-state index in [9.17, 15) is 79.7 Å². The second-order valence-electron chi connectivity index (χ2n) is 10.2. The molecule has 0 aromatic carbocycles. The first-order valence-electron chi connectivity index (χ1n) is 11.9. The molecule has 252 valence electrons. The summed E-state index contributed by atoms with van der Waals surface area (Å²) in [5.41, 5.74) is -1.66. The summed E-state index contributed by atoms with van der Waals surface area (Å²) in [5.74, 6) is -56.5. The number of aliphatic hydroxyl groups is 1. The van der Waals surface area contributed by atoms with Crippen molar-refractivity contribution in [2.75, 3.05) is 6.61 Å². The SMILES string of the molecule is C=CCC[C@H](O)CO[Si](CCC(F)(F)C(F)(F)C(F)(F)C(F)(F)C(F)(F)C(F)(F)C(F)(F)C(F)(F)F)(C(C)C)C(C)C. The molecule has 0 rings (SSSR count). The minimum absolute atomic E-state index is 0.0198. The maximum atomic E-state index is 14.5. The molecule has 0 heterocycles. The molecule has 0 aliphatic rings. The van der Waals surface area contributed by atoms with Crippen LogP contribution in [0, 0.1) is 0 Å². The van der Waals surface area contributed by atoms with Crippen molar-refractivity contribution < 1.29 is 84.2 Å². The lowest BCUT2D eigenvalue weighted by atomic mass is 9.88. The van der Waals surface area contributed by atoms with Gasteiger partial charge < -0.3 is 9.53 Å². The van der Waals surface area contributed by atoms with Gasteiger partial charge in [-0.05, 0) is 30.0 Å². The summed E-state index contributed by atoms with van der Waals surface area (Å²) in [6.45, 7) is 8.02. The Morgan fingerprint density at radius 1 is 0.643 bits per heavy atom. The lowest BCUT2D eigenvalue weighted by molar-refractivity contribution is -0.461. The smallest absolute Gasteiger partial charge is 0.414 e. The zero-order valence-electron chi connectivity index (χ0n) is 22.3. The van der Waals surface area contributed by atoms with Crippen molar-refractivity contribution in [3.63, 3.8) is 0 Å². The van der Waals surface area contributed by atoms with Crippen LogP contribution in [-0.2, 0) is 4.43 Å². The lowest BCUT2D eigenvalue weighted by Gasteiger charge is -2.44. The highest BCUT2D eigenvalue weighted by molar-refractivity contribution is 6.76. The fourth-order valence-electron chi connectivity index (χ4n) is 4.00. The van der Waals surface area contributed by atoms with Gasteiger partial charge in [-0.1, -0.05) is 33.8 Å². The molecule has 0 saturated carbocycles. The fraction of sp³-hybridized carbons (Fsp3) is 0.909. The molecular weight excluding hydrogens is 647 g/mol. The van der Waals surface area contributed by atoms with Gasteiger partial charge in [-0.2, -0.15) is 74.6 Å². The minimum atomic E-state index is -8.65. The number of alkyl halides is 17. The van der Waals surface area contributed by atoms with Gasteiger partial charge in [0.1, 0.15) is 0 Å². The summed E-state index contributed by atoms with van der Waals surface area (Å²) in [4.78, 5) is 0. The van der Waals surface area contributed by atoms with Gasteiger partial charge in [0.05, 0.1) is 12.7 Å². The maximum Gasteiger partial charge on any atom is 0.460 e. The van der Waals surface area contributed by atoms with Crippen LogP contribution in [0.3, 0.4) is 0 Å². The predicted molar refractivity (Wildman–Crippen MR) is 117 cm³/mol. The number of halogens is 17. The Balaban J connectivity index is 6.59. The molecule has 0 saturated heterocycles. The second kappa shape index (κ2) is 12.6. The highest BCUT2D eigenvalue weighted by atomic mass is 28.4. The van der Waals surface area contributed by atoms with Crippen LogP contribution in [0.15, 0.2) is 12.7 Å². The van der Waals surface area contributed by atoms with E-state index < -0.39 is 92.2 Å². The number of hydrogen-bond donors (Lipinski definition) is 1. The third kappa shape index (κ3) is 6.68. The normalized spacial score (nSPS) is 16.4. The van der Waals surface area contributed by atoms with E-state index in [4.69, 9.17) is 4.43 Å². The summed E-state index contributed by atoms with van der Waals surface area (Å²) in [7, 11) is -3.88. The van der Waals surface area contributed by atoms with Crippen LogP contribution in [0.2, 0.25) is 17.1 Å². The highest BCUT2D eigenvalue weighted by Crippen LogP contribution is 2.64. The van der Waals surface area contributed by atoms with E-state index >= 15 is 0 Å². The van der Waals surface area contributed by atoms with E-state index in [2.05, 4.69) is 6.58 Å². The van der Waals surface area contributed by atoms with Gasteiger partial charge in [-0.25, -0.2) is 0 Å². The van der Waals surface area contributed by atoms with Crippen LogP contribution < -0.4 is 0 Å². The zero-order valence-corrected chi connectivity index (χ0v) is 23.3. The van der Waals surface area contributed by atoms with Crippen LogP contribution in [-0.4, -0.2) is 73.8 Å². The molecule has 0 amide bonds. The van der Waals surface area contributed by atoms with E-state index in [1.807, 2.05) is 0 Å². The largest absolute Gasteiger partial charge is 0.460 e. The number of hydrogen-bond acceptors (Lipinski definition) is 2. The monoisotopic (exact) mass is 676 g/mol. The van der Waals surface area contributed by atoms with Crippen molar-refractivity contribution in [2.24, 2.45) is 0 Å². The third-order valence-corrected chi connectivity index (χ3v) is 12.5. The number of rotatable bonds is 17. The Hall–Kier alpha value is -1.31. The fourth-order valence-corrected chi connectivity index (χ4v) is 8.51. The molecule has 0 aromatic rings. The summed E-state index contributed by atoms with van der Waals surface area (Å²) in [6.07, 6.45) is -9.96. The Morgan fingerprint density at radius 3 is 1.33 bits per heavy atom. The van der Waals surface area contributed by atoms with Gasteiger partial charge >= 0.3 is 47.6 Å². The summed E-state index contributed by atoms with van der Waals surface area (Å²) >= 11 is 0. The molecule has 1 atom stereocenters. The van der Waals surface area contributed by atoms with Crippen molar-refractivity contribution >= 4 is 8.32 Å². The first-order chi connectivity index (χ1) is 18.3. The Labute approximate surface area is 230 Å². The van der Waals surface area contributed by atoms with E-state index in [-0.39, 0.29) is 12.8 Å². The van der Waals surface area contributed by atoms with E-state index in [0.29, 0.717) is 0 Å². The van der Waals surface area contributed by atoms with Gasteiger partial charge in [0.2, 0.25) is 0 Å². The van der Waals surface area contributed by atoms with E-state index in [1.54, 1.807) is 0 Å². The quantitative estimate of drug-likeness (QED) is 0.0946. The van der Waals surface area contributed by atoms with Gasteiger partial charge in [0, 0.05) is 6.42 Å². The predicted octanol–water partition coefficient (Wildman–Crippen LogP) is 9.50. The van der Waals surface area contributed by atoms with Gasteiger partial charge in [0.15, 0.2) is 8.32 Å². The van der Waals surface area contributed by atoms with Crippen molar-refractivity contribution in [3.05, 3.63) is 12.7 Å². The molecule has 0 spiro atoms. The molecule has 1 N–H and O–H groups in total. The average Bonchev–Trinajstić information content (AvgIpc) is 2.80.